The number of aliphatic hydroxyl groups excluding tert-OH is 1. The number of nitrogens with zero attached hydrogens (tertiary/aromatic N) is 3. The molecule has 1 fully saturated rings. The summed E-state index contributed by atoms with van der Waals surface area (Å²) in [5.74, 6) is 0.173. The molecule has 1 saturated heterocycles. The third-order valence-corrected chi connectivity index (χ3v) is 3.63. The maximum atomic E-state index is 11.3. The molecule has 0 amide bonds. The van der Waals surface area contributed by atoms with Gasteiger partial charge in [-0.3, -0.25) is 0 Å². The number of hydrogen-bond donors (Lipinski definition) is 1. The van der Waals surface area contributed by atoms with Crippen LogP contribution in [0.3, 0.4) is 0 Å². The smallest absolute Gasteiger partial charge is 0.334 e. The molecule has 1 aromatic rings. The molecule has 1 aliphatic heterocycles. The third kappa shape index (κ3) is 3.06. The van der Waals surface area contributed by atoms with Gasteiger partial charge in [-0.1, -0.05) is 0 Å². The number of anilines is 1. The number of ether oxygens (including phenoxy) is 1. The molecule has 2 rings (SSSR count). The lowest BCUT2D eigenvalue weighted by molar-refractivity contribution is -0.153. The molecule has 0 bridgehead atoms. The van der Waals surface area contributed by atoms with Gasteiger partial charge < -0.3 is 14.7 Å². The second-order valence-corrected chi connectivity index (χ2v) is 4.81. The second kappa shape index (κ2) is 6.35. The molecular weight excluding hydrogens is 258 g/mol. The van der Waals surface area contributed by atoms with Crippen molar-refractivity contribution in [3.63, 3.8) is 0 Å². The maximum Gasteiger partial charge on any atom is 0.334 e. The molecule has 1 unspecified atom stereocenters. The van der Waals surface area contributed by atoms with Crippen LogP contribution in [0.1, 0.15) is 18.4 Å². The van der Waals surface area contributed by atoms with Crippen LogP contribution in [0, 0.1) is 17.2 Å². The first-order valence-corrected chi connectivity index (χ1v) is 6.52. The number of esters is 1. The van der Waals surface area contributed by atoms with Gasteiger partial charge in [-0.05, 0) is 30.9 Å². The number of piperidine rings is 1. The second-order valence-electron chi connectivity index (χ2n) is 4.81. The summed E-state index contributed by atoms with van der Waals surface area (Å²) in [6, 6.07) is 5.58. The molecule has 2 heterocycles. The lowest BCUT2D eigenvalue weighted by Gasteiger charge is -2.34. The van der Waals surface area contributed by atoms with E-state index in [1.54, 1.807) is 12.3 Å². The van der Waals surface area contributed by atoms with Crippen LogP contribution in [0.2, 0.25) is 0 Å². The average Bonchev–Trinajstić information content (AvgIpc) is 2.53. The highest BCUT2D eigenvalue weighted by Gasteiger charge is 2.30. The van der Waals surface area contributed by atoms with E-state index in [9.17, 15) is 9.90 Å². The van der Waals surface area contributed by atoms with Gasteiger partial charge in [0.05, 0.1) is 12.7 Å². The van der Waals surface area contributed by atoms with Gasteiger partial charge in [0.1, 0.15) is 11.9 Å². The molecule has 0 saturated carbocycles. The quantitative estimate of drug-likeness (QED) is 0.817. The normalized spacial score (nSPS) is 17.4. The molecule has 1 aromatic heterocycles. The SMILES string of the molecule is COC(=O)C(O)C1CCN(c2ccc(C#N)cn2)CC1. The van der Waals surface area contributed by atoms with Crippen LogP contribution in [0.15, 0.2) is 18.3 Å². The van der Waals surface area contributed by atoms with Crippen molar-refractivity contribution in [1.82, 2.24) is 4.98 Å². The van der Waals surface area contributed by atoms with Crippen LogP contribution in [0.25, 0.3) is 0 Å². The molecule has 20 heavy (non-hydrogen) atoms. The number of rotatable bonds is 3. The Morgan fingerprint density at radius 3 is 2.75 bits per heavy atom. The number of carbonyl (C=O) groups excluding carboxylic acids is 1. The molecule has 0 radical (unpaired) electrons. The van der Waals surface area contributed by atoms with Crippen molar-refractivity contribution in [1.29, 1.82) is 5.26 Å². The molecule has 6 nitrogen and oxygen atoms in total. The molecule has 0 aromatic carbocycles. The lowest BCUT2D eigenvalue weighted by Crippen LogP contribution is -2.41. The highest BCUT2D eigenvalue weighted by molar-refractivity contribution is 5.74. The third-order valence-electron chi connectivity index (χ3n) is 3.63. The molecule has 6 heteroatoms. The number of aliphatic hydroxyl groups is 1. The van der Waals surface area contributed by atoms with E-state index >= 15 is 0 Å². The van der Waals surface area contributed by atoms with Crippen LogP contribution < -0.4 is 4.90 Å². The minimum absolute atomic E-state index is 0.0721. The molecule has 1 atom stereocenters. The summed E-state index contributed by atoms with van der Waals surface area (Å²) >= 11 is 0. The fraction of sp³-hybridized carbons (Fsp3) is 0.500. The molecular formula is C14H17N3O3. The van der Waals surface area contributed by atoms with Gasteiger partial charge in [0.2, 0.25) is 0 Å². The van der Waals surface area contributed by atoms with E-state index in [1.165, 1.54) is 7.11 Å². The van der Waals surface area contributed by atoms with Crippen LogP contribution in [-0.2, 0) is 9.53 Å². The Balaban J connectivity index is 1.93. The zero-order valence-corrected chi connectivity index (χ0v) is 11.3. The van der Waals surface area contributed by atoms with Crippen LogP contribution in [0.4, 0.5) is 5.82 Å². The maximum absolute atomic E-state index is 11.3. The summed E-state index contributed by atoms with van der Waals surface area (Å²) in [6.45, 7) is 1.44. The largest absolute Gasteiger partial charge is 0.467 e. The molecule has 1 N–H and O–H groups in total. The summed E-state index contributed by atoms with van der Waals surface area (Å²) in [5.41, 5.74) is 0.532. The number of aromatic nitrogens is 1. The Bertz CT molecular complexity index is 501. The molecule has 0 spiro atoms. The summed E-state index contributed by atoms with van der Waals surface area (Å²) in [7, 11) is 1.28. The van der Waals surface area contributed by atoms with Gasteiger partial charge in [-0.25, -0.2) is 9.78 Å². The Morgan fingerprint density at radius 1 is 1.55 bits per heavy atom. The predicted octanol–water partition coefficient (Wildman–Crippen LogP) is 0.704. The minimum Gasteiger partial charge on any atom is -0.467 e. The Labute approximate surface area is 117 Å². The highest BCUT2D eigenvalue weighted by Crippen LogP contribution is 2.24. The first-order chi connectivity index (χ1) is 9.65. The van der Waals surface area contributed by atoms with Gasteiger partial charge in [0.25, 0.3) is 0 Å². The average molecular weight is 275 g/mol. The van der Waals surface area contributed by atoms with Crippen LogP contribution in [0.5, 0.6) is 0 Å². The van der Waals surface area contributed by atoms with Crippen molar-refractivity contribution in [3.8, 4) is 6.07 Å². The molecule has 0 aliphatic carbocycles. The van der Waals surface area contributed by atoms with E-state index in [-0.39, 0.29) is 5.92 Å². The highest BCUT2D eigenvalue weighted by atomic mass is 16.5. The van der Waals surface area contributed by atoms with Crippen molar-refractivity contribution >= 4 is 11.8 Å². The Kier molecular flexibility index (Phi) is 4.53. The van der Waals surface area contributed by atoms with Crippen LogP contribution in [-0.4, -0.2) is 42.4 Å². The van der Waals surface area contributed by atoms with Crippen LogP contribution >= 0.6 is 0 Å². The van der Waals surface area contributed by atoms with Gasteiger partial charge in [-0.15, -0.1) is 0 Å². The Hall–Kier alpha value is -2.13. The summed E-state index contributed by atoms with van der Waals surface area (Å²) in [4.78, 5) is 17.6. The van der Waals surface area contributed by atoms with Gasteiger partial charge in [-0.2, -0.15) is 5.26 Å². The van der Waals surface area contributed by atoms with Crippen molar-refractivity contribution in [2.75, 3.05) is 25.1 Å². The van der Waals surface area contributed by atoms with E-state index in [4.69, 9.17) is 5.26 Å². The summed E-state index contributed by atoms with van der Waals surface area (Å²) in [6.07, 6.45) is 1.91. The van der Waals surface area contributed by atoms with Crippen molar-refractivity contribution in [2.24, 2.45) is 5.92 Å². The number of methoxy groups -OCH3 is 1. The number of nitriles is 1. The number of pyridine rings is 1. The Morgan fingerprint density at radius 2 is 2.25 bits per heavy atom. The van der Waals surface area contributed by atoms with Crippen molar-refractivity contribution < 1.29 is 14.6 Å². The monoisotopic (exact) mass is 275 g/mol. The molecule has 1 aliphatic rings. The predicted molar refractivity (Wildman–Crippen MR) is 71.9 cm³/mol. The minimum atomic E-state index is -1.05. The van der Waals surface area contributed by atoms with E-state index in [2.05, 4.69) is 14.6 Å². The first kappa shape index (κ1) is 14.3. The fourth-order valence-electron chi connectivity index (χ4n) is 2.40. The van der Waals surface area contributed by atoms with Gasteiger partial charge >= 0.3 is 5.97 Å². The number of carbonyl (C=O) groups is 1. The first-order valence-electron chi connectivity index (χ1n) is 6.52. The van der Waals surface area contributed by atoms with E-state index < -0.39 is 12.1 Å². The summed E-state index contributed by atoms with van der Waals surface area (Å²) in [5, 5.41) is 18.6. The zero-order valence-electron chi connectivity index (χ0n) is 11.3. The van der Waals surface area contributed by atoms with Gasteiger partial charge in [0.15, 0.2) is 6.10 Å². The molecule has 106 valence electrons. The lowest BCUT2D eigenvalue weighted by atomic mass is 9.91. The zero-order chi connectivity index (χ0) is 14.5. The summed E-state index contributed by atoms with van der Waals surface area (Å²) < 4.78 is 4.56. The number of hydrogen-bond acceptors (Lipinski definition) is 6. The fourth-order valence-corrected chi connectivity index (χ4v) is 2.40. The van der Waals surface area contributed by atoms with E-state index in [0.29, 0.717) is 18.4 Å². The van der Waals surface area contributed by atoms with Gasteiger partial charge in [0, 0.05) is 19.3 Å². The van der Waals surface area contributed by atoms with E-state index in [1.807, 2.05) is 12.1 Å². The topological polar surface area (TPSA) is 86.5 Å². The van der Waals surface area contributed by atoms with E-state index in [0.717, 1.165) is 18.9 Å². The van der Waals surface area contributed by atoms with Crippen molar-refractivity contribution in [2.45, 2.75) is 18.9 Å². The standard InChI is InChI=1S/C14H17N3O3/c1-20-14(19)13(18)11-4-6-17(7-5-11)12-3-2-10(8-15)9-16-12/h2-3,9,11,13,18H,4-7H2,1H3. The van der Waals surface area contributed by atoms with Crippen molar-refractivity contribution in [3.05, 3.63) is 23.9 Å².